The predicted molar refractivity (Wildman–Crippen MR) is 158 cm³/mol. The van der Waals surface area contributed by atoms with Crippen molar-refractivity contribution in [2.75, 3.05) is 36.9 Å². The molecule has 0 saturated heterocycles. The van der Waals surface area contributed by atoms with Crippen LogP contribution in [-0.2, 0) is 26.2 Å². The third-order valence-electron chi connectivity index (χ3n) is 6.54. The van der Waals surface area contributed by atoms with Crippen LogP contribution in [0.5, 0.6) is 11.5 Å². The van der Waals surface area contributed by atoms with E-state index in [1.54, 1.807) is 36.4 Å². The van der Waals surface area contributed by atoms with Gasteiger partial charge < -0.3 is 19.7 Å². The Kier molecular flexibility index (Phi) is 11.8. The van der Waals surface area contributed by atoms with E-state index in [1.165, 1.54) is 9.21 Å². The summed E-state index contributed by atoms with van der Waals surface area (Å²) in [7, 11) is -3.65. The van der Waals surface area contributed by atoms with E-state index in [2.05, 4.69) is 5.32 Å². The molecule has 0 aliphatic carbocycles. The van der Waals surface area contributed by atoms with E-state index >= 15 is 0 Å². The number of nitrogens with zero attached hydrogens (tertiary/aromatic N) is 2. The van der Waals surface area contributed by atoms with Crippen molar-refractivity contribution < 1.29 is 27.5 Å². The van der Waals surface area contributed by atoms with E-state index in [4.69, 9.17) is 32.7 Å². The first-order valence-corrected chi connectivity index (χ1v) is 16.0. The zero-order chi connectivity index (χ0) is 29.3. The van der Waals surface area contributed by atoms with Crippen molar-refractivity contribution in [1.29, 1.82) is 0 Å². The second-order valence-corrected chi connectivity index (χ2v) is 12.3. The van der Waals surface area contributed by atoms with Gasteiger partial charge in [-0.1, -0.05) is 49.5 Å². The van der Waals surface area contributed by atoms with Gasteiger partial charge in [-0.05, 0) is 49.1 Å². The number of amides is 2. The molecule has 2 aromatic carbocycles. The normalized spacial score (nSPS) is 13.4. The van der Waals surface area contributed by atoms with E-state index in [9.17, 15) is 18.0 Å². The molecule has 1 N–H and O–H groups in total. The Hall–Kier alpha value is -2.69. The zero-order valence-corrected chi connectivity index (χ0v) is 25.4. The minimum Gasteiger partial charge on any atom is -0.486 e. The van der Waals surface area contributed by atoms with E-state index in [0.717, 1.165) is 19.1 Å². The lowest BCUT2D eigenvalue weighted by atomic mass is 10.1. The molecule has 0 saturated carbocycles. The molecular formula is C28H37Cl2N3O6S. The molecule has 1 atom stereocenters. The van der Waals surface area contributed by atoms with Gasteiger partial charge >= 0.3 is 0 Å². The van der Waals surface area contributed by atoms with Gasteiger partial charge in [0, 0.05) is 42.2 Å². The predicted octanol–water partition coefficient (Wildman–Crippen LogP) is 5.03. The number of carbonyl (C=O) groups is 2. The molecule has 1 aliphatic heterocycles. The maximum atomic E-state index is 13.6. The van der Waals surface area contributed by atoms with Gasteiger partial charge in [-0.25, -0.2) is 8.42 Å². The number of rotatable bonds is 14. The van der Waals surface area contributed by atoms with Crippen LogP contribution in [0, 0.1) is 0 Å². The van der Waals surface area contributed by atoms with Crippen LogP contribution in [0.4, 0.5) is 5.69 Å². The number of benzene rings is 2. The highest BCUT2D eigenvalue weighted by atomic mass is 35.5. The summed E-state index contributed by atoms with van der Waals surface area (Å²) in [5.41, 5.74) is 1.08. The third-order valence-corrected chi connectivity index (χ3v) is 8.32. The van der Waals surface area contributed by atoms with Crippen LogP contribution >= 0.6 is 23.2 Å². The van der Waals surface area contributed by atoms with Crippen LogP contribution in [0.3, 0.4) is 0 Å². The molecule has 0 radical (unpaired) electrons. The molecular weight excluding hydrogens is 577 g/mol. The van der Waals surface area contributed by atoms with Gasteiger partial charge in [0.05, 0.1) is 11.9 Å². The van der Waals surface area contributed by atoms with Gasteiger partial charge in [-0.3, -0.25) is 13.9 Å². The SMILES string of the molecule is CCCCNC(=O)C(CC)N(Cc1ccc(Cl)cc1Cl)C(=O)CCCN(c1ccc2c(c1)OCCO2)S(C)(=O)=O. The molecule has 9 nitrogen and oxygen atoms in total. The van der Waals surface area contributed by atoms with Crippen LogP contribution in [0.1, 0.15) is 51.5 Å². The average molecular weight is 615 g/mol. The molecule has 1 heterocycles. The Morgan fingerprint density at radius 3 is 2.40 bits per heavy atom. The lowest BCUT2D eigenvalue weighted by molar-refractivity contribution is -0.141. The van der Waals surface area contributed by atoms with Crippen molar-refractivity contribution in [2.45, 2.75) is 58.5 Å². The van der Waals surface area contributed by atoms with Gasteiger partial charge in [0.15, 0.2) is 11.5 Å². The number of hydrogen-bond donors (Lipinski definition) is 1. The summed E-state index contributed by atoms with van der Waals surface area (Å²) >= 11 is 12.5. The van der Waals surface area contributed by atoms with E-state index in [-0.39, 0.29) is 37.7 Å². The van der Waals surface area contributed by atoms with Crippen molar-refractivity contribution >= 4 is 50.7 Å². The van der Waals surface area contributed by atoms with Crippen molar-refractivity contribution in [1.82, 2.24) is 10.2 Å². The topological polar surface area (TPSA) is 105 Å². The molecule has 0 aromatic heterocycles. The van der Waals surface area contributed by atoms with Crippen LogP contribution in [-0.4, -0.2) is 63.7 Å². The summed E-state index contributed by atoms with van der Waals surface area (Å²) in [6.07, 6.45) is 3.55. The first-order valence-electron chi connectivity index (χ1n) is 13.4. The van der Waals surface area contributed by atoms with Gasteiger partial charge in [0.1, 0.15) is 19.3 Å². The minimum atomic E-state index is -3.65. The molecule has 220 valence electrons. The molecule has 0 bridgehead atoms. The maximum absolute atomic E-state index is 13.6. The second kappa shape index (κ2) is 14.8. The summed E-state index contributed by atoms with van der Waals surface area (Å²) in [6, 6.07) is 9.26. The maximum Gasteiger partial charge on any atom is 0.242 e. The van der Waals surface area contributed by atoms with Crippen molar-refractivity contribution in [2.24, 2.45) is 0 Å². The lowest BCUT2D eigenvalue weighted by Gasteiger charge is -2.31. The first-order chi connectivity index (χ1) is 19.0. The third kappa shape index (κ3) is 8.65. The molecule has 12 heteroatoms. The molecule has 2 aromatic rings. The molecule has 1 unspecified atom stereocenters. The summed E-state index contributed by atoms with van der Waals surface area (Å²) in [5, 5.41) is 3.79. The monoisotopic (exact) mass is 613 g/mol. The largest absolute Gasteiger partial charge is 0.486 e. The molecule has 40 heavy (non-hydrogen) atoms. The number of fused-ring (bicyclic) bond motifs is 1. The van der Waals surface area contributed by atoms with E-state index in [1.807, 2.05) is 13.8 Å². The summed E-state index contributed by atoms with van der Waals surface area (Å²) < 4.78 is 37.7. The summed E-state index contributed by atoms with van der Waals surface area (Å²) in [4.78, 5) is 28.2. The van der Waals surface area contributed by atoms with Gasteiger partial charge in [0.2, 0.25) is 21.8 Å². The average Bonchev–Trinajstić information content (AvgIpc) is 2.91. The fourth-order valence-corrected chi connectivity index (χ4v) is 5.88. The Balaban J connectivity index is 1.78. The highest BCUT2D eigenvalue weighted by molar-refractivity contribution is 7.92. The minimum absolute atomic E-state index is 0.0283. The fraction of sp³-hybridized carbons (Fsp3) is 0.500. The number of hydrogen-bond acceptors (Lipinski definition) is 6. The number of anilines is 1. The summed E-state index contributed by atoms with van der Waals surface area (Å²) in [5.74, 6) is 0.514. The van der Waals surface area contributed by atoms with Crippen LogP contribution in [0.15, 0.2) is 36.4 Å². The Labute approximate surface area is 246 Å². The molecule has 3 rings (SSSR count). The molecule has 2 amide bonds. The van der Waals surface area contributed by atoms with Crippen molar-refractivity contribution in [3.63, 3.8) is 0 Å². The molecule has 0 fully saturated rings. The number of unbranched alkanes of at least 4 members (excludes halogenated alkanes) is 1. The number of carbonyl (C=O) groups excluding carboxylic acids is 2. The summed E-state index contributed by atoms with van der Waals surface area (Å²) in [6.45, 7) is 5.40. The smallest absolute Gasteiger partial charge is 0.242 e. The van der Waals surface area contributed by atoms with E-state index in [0.29, 0.717) is 59.0 Å². The van der Waals surface area contributed by atoms with Gasteiger partial charge in [-0.15, -0.1) is 0 Å². The highest BCUT2D eigenvalue weighted by Crippen LogP contribution is 2.35. The van der Waals surface area contributed by atoms with Crippen LogP contribution < -0.4 is 19.1 Å². The standard InChI is InChI=1S/C28H37Cl2N3O6S/c1-4-6-13-31-28(35)24(5-2)32(19-20-9-10-21(29)17-23(20)30)27(34)8-7-14-33(40(3,36)37)22-11-12-25-26(18-22)39-16-15-38-25/h9-12,17-18,24H,4-8,13-16,19H2,1-3H3,(H,31,35). The number of nitrogens with one attached hydrogen (secondary N) is 1. The second-order valence-electron chi connectivity index (χ2n) is 9.59. The zero-order valence-electron chi connectivity index (χ0n) is 23.1. The molecule has 1 aliphatic rings. The Bertz CT molecular complexity index is 1290. The molecule has 0 spiro atoms. The Morgan fingerprint density at radius 2 is 1.75 bits per heavy atom. The number of ether oxygens (including phenoxy) is 2. The quantitative estimate of drug-likeness (QED) is 0.299. The van der Waals surface area contributed by atoms with Crippen molar-refractivity contribution in [3.8, 4) is 11.5 Å². The van der Waals surface area contributed by atoms with Crippen LogP contribution in [0.2, 0.25) is 10.0 Å². The number of halogens is 2. The fourth-order valence-electron chi connectivity index (χ4n) is 4.45. The Morgan fingerprint density at radius 1 is 1.02 bits per heavy atom. The highest BCUT2D eigenvalue weighted by Gasteiger charge is 2.29. The first kappa shape index (κ1) is 31.8. The number of sulfonamides is 1. The lowest BCUT2D eigenvalue weighted by Crippen LogP contribution is -2.49. The van der Waals surface area contributed by atoms with Crippen molar-refractivity contribution in [3.05, 3.63) is 52.0 Å². The van der Waals surface area contributed by atoms with Gasteiger partial charge in [0.25, 0.3) is 0 Å². The van der Waals surface area contributed by atoms with Gasteiger partial charge in [-0.2, -0.15) is 0 Å². The van der Waals surface area contributed by atoms with Crippen LogP contribution in [0.25, 0.3) is 0 Å². The van der Waals surface area contributed by atoms with E-state index < -0.39 is 16.1 Å².